The zero-order valence-electron chi connectivity index (χ0n) is 9.06. The van der Waals surface area contributed by atoms with E-state index in [1.54, 1.807) is 0 Å². The van der Waals surface area contributed by atoms with E-state index in [0.29, 0.717) is 13.0 Å². The quantitative estimate of drug-likeness (QED) is 0.344. The molecule has 2 fully saturated rings. The Morgan fingerprint density at radius 2 is 2.06 bits per heavy atom. The van der Waals surface area contributed by atoms with Crippen LogP contribution in [0.3, 0.4) is 0 Å². The largest absolute Gasteiger partial charge is 0.394 e. The van der Waals surface area contributed by atoms with Gasteiger partial charge in [-0.1, -0.05) is 0 Å². The van der Waals surface area contributed by atoms with Gasteiger partial charge in [0.2, 0.25) is 0 Å². The van der Waals surface area contributed by atoms with Crippen LogP contribution < -0.4 is 5.32 Å². The van der Waals surface area contributed by atoms with Gasteiger partial charge < -0.3 is 30.5 Å². The van der Waals surface area contributed by atoms with Crippen molar-refractivity contribution in [2.75, 3.05) is 13.2 Å². The predicted molar refractivity (Wildman–Crippen MR) is 60.8 cm³/mol. The Kier molecular flexibility index (Phi) is 3.81. The molecule has 0 spiro atoms. The molecule has 17 heavy (non-hydrogen) atoms. The highest BCUT2D eigenvalue weighted by Gasteiger charge is 2.48. The van der Waals surface area contributed by atoms with Gasteiger partial charge in [-0.2, -0.15) is 0 Å². The molecule has 2 heterocycles. The summed E-state index contributed by atoms with van der Waals surface area (Å²) in [6.45, 7) is 0.143. The van der Waals surface area contributed by atoms with Crippen molar-refractivity contribution in [1.82, 2.24) is 10.2 Å². The van der Waals surface area contributed by atoms with Crippen molar-refractivity contribution in [1.29, 1.82) is 0 Å². The Bertz CT molecular complexity index is 305. The molecule has 0 aromatic rings. The summed E-state index contributed by atoms with van der Waals surface area (Å²) in [6.07, 6.45) is -4.66. The molecule has 2 aliphatic heterocycles. The van der Waals surface area contributed by atoms with Crippen molar-refractivity contribution in [3.8, 4) is 0 Å². The van der Waals surface area contributed by atoms with Gasteiger partial charge in [-0.15, -0.1) is 0 Å². The van der Waals surface area contributed by atoms with Gasteiger partial charge in [-0.05, 0) is 12.2 Å². The minimum absolute atomic E-state index is 0.263. The summed E-state index contributed by atoms with van der Waals surface area (Å²) in [5, 5.41) is 41.4. The molecule has 5 atom stereocenters. The maximum Gasteiger partial charge on any atom is 0.173 e. The fourth-order valence-corrected chi connectivity index (χ4v) is 2.40. The first-order chi connectivity index (χ1) is 8.06. The van der Waals surface area contributed by atoms with Crippen LogP contribution in [-0.2, 0) is 4.74 Å². The number of thiocarbonyl (C=S) groups is 1. The van der Waals surface area contributed by atoms with E-state index in [4.69, 9.17) is 22.1 Å². The van der Waals surface area contributed by atoms with Crippen LogP contribution >= 0.6 is 12.2 Å². The van der Waals surface area contributed by atoms with Crippen LogP contribution in [-0.4, -0.2) is 74.4 Å². The van der Waals surface area contributed by atoms with Crippen molar-refractivity contribution >= 4 is 17.3 Å². The third-order valence-electron chi connectivity index (χ3n) is 3.03. The molecule has 2 aliphatic rings. The Hall–Kier alpha value is -0.510. The van der Waals surface area contributed by atoms with Gasteiger partial charge in [0.1, 0.15) is 24.5 Å². The molecule has 2 rings (SSSR count). The van der Waals surface area contributed by atoms with Crippen LogP contribution in [0.4, 0.5) is 0 Å². The number of hydrogen-bond donors (Lipinski definition) is 5. The monoisotopic (exact) mass is 264 g/mol. The fourth-order valence-electron chi connectivity index (χ4n) is 2.07. The molecule has 7 nitrogen and oxygen atoms in total. The van der Waals surface area contributed by atoms with E-state index in [9.17, 15) is 15.3 Å². The minimum Gasteiger partial charge on any atom is -0.394 e. The molecule has 8 heteroatoms. The molecule has 0 bridgehead atoms. The number of ether oxygens (including phenoxy) is 1. The van der Waals surface area contributed by atoms with Crippen molar-refractivity contribution < 1.29 is 25.2 Å². The Balaban J connectivity index is 2.13. The summed E-state index contributed by atoms with van der Waals surface area (Å²) in [5.41, 5.74) is 0. The second-order valence-electron chi connectivity index (χ2n) is 4.14. The lowest BCUT2D eigenvalue weighted by atomic mass is 10.1. The first kappa shape index (κ1) is 12.9. The summed E-state index contributed by atoms with van der Waals surface area (Å²) >= 11 is 5.03. The van der Waals surface area contributed by atoms with Crippen LogP contribution in [0.25, 0.3) is 0 Å². The average Bonchev–Trinajstić information content (AvgIpc) is 2.57. The SMILES string of the molecule is OC[C@H]1OC(N2C(=S)NCCC2O)[C@H](O)[C@H]1O. The summed E-state index contributed by atoms with van der Waals surface area (Å²) in [7, 11) is 0. The highest BCUT2D eigenvalue weighted by atomic mass is 32.1. The lowest BCUT2D eigenvalue weighted by Gasteiger charge is -2.39. The normalized spacial score (nSPS) is 42.7. The number of aliphatic hydroxyl groups is 4. The molecule has 0 amide bonds. The van der Waals surface area contributed by atoms with E-state index >= 15 is 0 Å². The molecule has 0 aromatic heterocycles. The van der Waals surface area contributed by atoms with Crippen molar-refractivity contribution in [3.63, 3.8) is 0 Å². The first-order valence-electron chi connectivity index (χ1n) is 5.43. The van der Waals surface area contributed by atoms with E-state index in [-0.39, 0.29) is 5.11 Å². The number of nitrogens with one attached hydrogen (secondary N) is 1. The van der Waals surface area contributed by atoms with Crippen molar-refractivity contribution in [2.45, 2.75) is 37.2 Å². The highest BCUT2D eigenvalue weighted by molar-refractivity contribution is 7.80. The number of nitrogens with zero attached hydrogens (tertiary/aromatic N) is 1. The smallest absolute Gasteiger partial charge is 0.173 e. The van der Waals surface area contributed by atoms with Crippen LogP contribution in [0.15, 0.2) is 0 Å². The molecule has 0 radical (unpaired) electrons. The molecule has 0 aliphatic carbocycles. The van der Waals surface area contributed by atoms with E-state index in [1.165, 1.54) is 4.90 Å². The fraction of sp³-hybridized carbons (Fsp3) is 0.889. The van der Waals surface area contributed by atoms with Crippen molar-refractivity contribution in [3.05, 3.63) is 0 Å². The van der Waals surface area contributed by atoms with E-state index in [2.05, 4.69) is 5.32 Å². The van der Waals surface area contributed by atoms with Gasteiger partial charge in [0.15, 0.2) is 11.3 Å². The summed E-state index contributed by atoms with van der Waals surface area (Å²) in [6, 6.07) is 0. The lowest BCUT2D eigenvalue weighted by Crippen LogP contribution is -2.59. The lowest BCUT2D eigenvalue weighted by molar-refractivity contribution is -0.126. The second kappa shape index (κ2) is 5.01. The molecule has 2 saturated heterocycles. The molecular formula is C9H16N2O5S. The van der Waals surface area contributed by atoms with Crippen LogP contribution in [0.2, 0.25) is 0 Å². The first-order valence-corrected chi connectivity index (χ1v) is 5.83. The van der Waals surface area contributed by atoms with Gasteiger partial charge in [0, 0.05) is 13.0 Å². The molecule has 0 aromatic carbocycles. The molecule has 2 unspecified atom stereocenters. The standard InChI is InChI=1S/C9H16N2O5S/c12-3-4-6(14)7(15)8(16-4)11-5(13)1-2-10-9(11)17/h4-8,12-15H,1-3H2,(H,10,17)/t4-,5?,6+,7-,8?/m1/s1. The Labute approximate surface area is 104 Å². The van der Waals surface area contributed by atoms with Gasteiger partial charge >= 0.3 is 0 Å². The topological polar surface area (TPSA) is 105 Å². The summed E-state index contributed by atoms with van der Waals surface area (Å²) in [5.74, 6) is 0. The minimum atomic E-state index is -1.22. The molecule has 5 N–H and O–H groups in total. The van der Waals surface area contributed by atoms with E-state index < -0.39 is 37.4 Å². The van der Waals surface area contributed by atoms with Crippen LogP contribution in [0.5, 0.6) is 0 Å². The highest BCUT2D eigenvalue weighted by Crippen LogP contribution is 2.26. The van der Waals surface area contributed by atoms with Crippen LogP contribution in [0.1, 0.15) is 6.42 Å². The van der Waals surface area contributed by atoms with E-state index in [0.717, 1.165) is 0 Å². The number of aliphatic hydroxyl groups excluding tert-OH is 4. The summed E-state index contributed by atoms with van der Waals surface area (Å²) in [4.78, 5) is 1.31. The Morgan fingerprint density at radius 1 is 1.35 bits per heavy atom. The second-order valence-corrected chi connectivity index (χ2v) is 4.52. The Morgan fingerprint density at radius 3 is 2.59 bits per heavy atom. The molecule has 0 saturated carbocycles. The zero-order chi connectivity index (χ0) is 12.6. The third-order valence-corrected chi connectivity index (χ3v) is 3.38. The van der Waals surface area contributed by atoms with Gasteiger partial charge in [0.25, 0.3) is 0 Å². The maximum absolute atomic E-state index is 9.83. The van der Waals surface area contributed by atoms with Crippen molar-refractivity contribution in [2.24, 2.45) is 0 Å². The molecular weight excluding hydrogens is 248 g/mol. The predicted octanol–water partition coefficient (Wildman–Crippen LogP) is -2.68. The third kappa shape index (κ3) is 2.24. The van der Waals surface area contributed by atoms with E-state index in [1.807, 2.05) is 0 Å². The summed E-state index contributed by atoms with van der Waals surface area (Å²) < 4.78 is 5.30. The van der Waals surface area contributed by atoms with Crippen LogP contribution in [0, 0.1) is 0 Å². The van der Waals surface area contributed by atoms with Gasteiger partial charge in [0.05, 0.1) is 6.61 Å². The molecule has 98 valence electrons. The zero-order valence-corrected chi connectivity index (χ0v) is 9.88. The number of hydrogen-bond acceptors (Lipinski definition) is 6. The number of rotatable bonds is 2. The average molecular weight is 264 g/mol. The van der Waals surface area contributed by atoms with Gasteiger partial charge in [-0.3, -0.25) is 4.90 Å². The van der Waals surface area contributed by atoms with Gasteiger partial charge in [-0.25, -0.2) is 0 Å². The maximum atomic E-state index is 9.83.